The van der Waals surface area contributed by atoms with Crippen LogP contribution >= 0.6 is 11.6 Å². The lowest BCUT2D eigenvalue weighted by Crippen LogP contribution is -2.14. The van der Waals surface area contributed by atoms with Crippen LogP contribution in [0.5, 0.6) is 0 Å². The molecular formula is C21H17ClF3N5O. The van der Waals surface area contributed by atoms with Crippen molar-refractivity contribution in [2.45, 2.75) is 19.0 Å². The largest absolute Gasteiger partial charge is 0.416 e. The van der Waals surface area contributed by atoms with Crippen LogP contribution in [0.1, 0.15) is 18.4 Å². The van der Waals surface area contributed by atoms with Crippen molar-refractivity contribution in [3.05, 3.63) is 65.3 Å². The van der Waals surface area contributed by atoms with Gasteiger partial charge in [0.05, 0.1) is 23.1 Å². The molecule has 160 valence electrons. The van der Waals surface area contributed by atoms with Crippen molar-refractivity contribution >= 4 is 46.3 Å². The molecule has 6 nitrogen and oxygen atoms in total. The van der Waals surface area contributed by atoms with Crippen molar-refractivity contribution in [2.24, 2.45) is 5.92 Å². The van der Waals surface area contributed by atoms with Gasteiger partial charge in [-0.3, -0.25) is 4.79 Å². The van der Waals surface area contributed by atoms with Crippen molar-refractivity contribution in [1.29, 1.82) is 0 Å². The molecule has 4 rings (SSSR count). The fraction of sp³-hybridized carbons (Fsp3) is 0.190. The minimum Gasteiger partial charge on any atom is -0.337 e. The number of rotatable bonds is 6. The number of alkyl halides is 3. The van der Waals surface area contributed by atoms with Crippen molar-refractivity contribution in [2.75, 3.05) is 16.0 Å². The number of anilines is 5. The van der Waals surface area contributed by atoms with Gasteiger partial charge in [0, 0.05) is 11.6 Å². The average molecular weight is 448 g/mol. The molecule has 1 fully saturated rings. The molecule has 0 spiro atoms. The van der Waals surface area contributed by atoms with E-state index in [1.54, 1.807) is 24.3 Å². The maximum Gasteiger partial charge on any atom is 0.416 e. The Hall–Kier alpha value is -3.33. The normalized spacial score (nSPS) is 13.5. The zero-order valence-corrected chi connectivity index (χ0v) is 16.8. The van der Waals surface area contributed by atoms with Crippen molar-refractivity contribution in [3.63, 3.8) is 0 Å². The Morgan fingerprint density at radius 3 is 2.32 bits per heavy atom. The van der Waals surface area contributed by atoms with Gasteiger partial charge in [0.2, 0.25) is 11.9 Å². The van der Waals surface area contributed by atoms with Crippen LogP contribution in [0.4, 0.5) is 42.0 Å². The minimum absolute atomic E-state index is 0.0345. The first-order valence-electron chi connectivity index (χ1n) is 9.43. The van der Waals surface area contributed by atoms with Crippen molar-refractivity contribution in [1.82, 2.24) is 9.97 Å². The number of benzene rings is 2. The second kappa shape index (κ2) is 8.43. The number of halogens is 4. The monoisotopic (exact) mass is 447 g/mol. The molecule has 1 saturated carbocycles. The molecule has 1 aliphatic carbocycles. The summed E-state index contributed by atoms with van der Waals surface area (Å²) in [6.07, 6.45) is -1.26. The first-order valence-corrected chi connectivity index (χ1v) is 9.81. The zero-order chi connectivity index (χ0) is 22.0. The maximum absolute atomic E-state index is 12.7. The molecule has 0 saturated heterocycles. The van der Waals surface area contributed by atoms with Gasteiger partial charge >= 0.3 is 6.18 Å². The van der Waals surface area contributed by atoms with E-state index in [9.17, 15) is 18.0 Å². The summed E-state index contributed by atoms with van der Waals surface area (Å²) in [6, 6.07) is 11.6. The van der Waals surface area contributed by atoms with Gasteiger partial charge in [-0.2, -0.15) is 18.2 Å². The van der Waals surface area contributed by atoms with E-state index in [0.717, 1.165) is 25.0 Å². The van der Waals surface area contributed by atoms with Crippen molar-refractivity contribution < 1.29 is 18.0 Å². The molecule has 0 atom stereocenters. The summed E-state index contributed by atoms with van der Waals surface area (Å²) < 4.78 is 38.1. The molecule has 1 amide bonds. The topological polar surface area (TPSA) is 78.9 Å². The predicted molar refractivity (Wildman–Crippen MR) is 113 cm³/mol. The second-order valence-corrected chi connectivity index (χ2v) is 7.43. The third kappa shape index (κ3) is 5.24. The minimum atomic E-state index is -4.41. The van der Waals surface area contributed by atoms with E-state index in [0.29, 0.717) is 17.1 Å². The summed E-state index contributed by atoms with van der Waals surface area (Å²) in [5.41, 5.74) is 0.824. The van der Waals surface area contributed by atoms with Crippen LogP contribution in [-0.2, 0) is 11.0 Å². The summed E-state index contributed by atoms with van der Waals surface area (Å²) in [7, 11) is 0. The molecule has 1 heterocycles. The van der Waals surface area contributed by atoms with Crippen LogP contribution in [0.2, 0.25) is 5.02 Å². The Morgan fingerprint density at radius 2 is 1.68 bits per heavy atom. The molecule has 10 heteroatoms. The highest BCUT2D eigenvalue weighted by Crippen LogP contribution is 2.34. The number of aromatic nitrogens is 2. The molecule has 0 bridgehead atoms. The van der Waals surface area contributed by atoms with E-state index in [1.165, 1.54) is 18.3 Å². The van der Waals surface area contributed by atoms with Crippen LogP contribution < -0.4 is 16.0 Å². The molecule has 0 aliphatic heterocycles. The van der Waals surface area contributed by atoms with E-state index in [2.05, 4.69) is 25.9 Å². The highest BCUT2D eigenvalue weighted by Gasteiger charge is 2.30. The Morgan fingerprint density at radius 1 is 1.00 bits per heavy atom. The summed E-state index contributed by atoms with van der Waals surface area (Å²) in [6.45, 7) is 0. The van der Waals surface area contributed by atoms with Gasteiger partial charge in [-0.1, -0.05) is 23.7 Å². The highest BCUT2D eigenvalue weighted by atomic mass is 35.5. The second-order valence-electron chi connectivity index (χ2n) is 7.02. The molecule has 1 aromatic heterocycles. The van der Waals surface area contributed by atoms with Crippen LogP contribution in [0.15, 0.2) is 54.7 Å². The van der Waals surface area contributed by atoms with Gasteiger partial charge in [-0.15, -0.1) is 0 Å². The third-order valence-electron chi connectivity index (χ3n) is 4.60. The third-order valence-corrected chi connectivity index (χ3v) is 4.88. The molecule has 31 heavy (non-hydrogen) atoms. The number of carbonyl (C=O) groups excluding carboxylic acids is 1. The van der Waals surface area contributed by atoms with E-state index in [-0.39, 0.29) is 28.6 Å². The van der Waals surface area contributed by atoms with Crippen LogP contribution in [0, 0.1) is 5.92 Å². The summed E-state index contributed by atoms with van der Waals surface area (Å²) in [5.74, 6) is 0.438. The van der Waals surface area contributed by atoms with Crippen LogP contribution in [0.3, 0.4) is 0 Å². The lowest BCUT2D eigenvalue weighted by molar-refractivity contribution is -0.137. The van der Waals surface area contributed by atoms with Gasteiger partial charge in [0.25, 0.3) is 0 Å². The number of hydrogen-bond donors (Lipinski definition) is 3. The molecule has 0 unspecified atom stereocenters. The number of carbonyl (C=O) groups is 1. The van der Waals surface area contributed by atoms with Gasteiger partial charge in [0.1, 0.15) is 5.02 Å². The SMILES string of the molecule is O=C(Nc1ccccc1Nc1nc(Nc2ccc(C(F)(F)F)cc2)ncc1Cl)C1CC1. The molecule has 3 N–H and O–H groups in total. The standard InChI is InChI=1S/C21H17ClF3N5O/c22-15-11-26-20(27-14-9-7-13(8-10-14)21(23,24)25)30-18(15)28-16-3-1-2-4-17(16)29-19(31)12-5-6-12/h1-4,7-12H,5-6H2,(H,29,31)(H2,26,27,28,30). The van der Waals surface area contributed by atoms with Crippen molar-refractivity contribution in [3.8, 4) is 0 Å². The zero-order valence-electron chi connectivity index (χ0n) is 16.0. The number of hydrogen-bond acceptors (Lipinski definition) is 5. The lowest BCUT2D eigenvalue weighted by Gasteiger charge is -2.14. The number of para-hydroxylation sites is 2. The predicted octanol–water partition coefficient (Wildman–Crippen LogP) is 5.98. The molecular weight excluding hydrogens is 431 g/mol. The van der Waals surface area contributed by atoms with Crippen LogP contribution in [-0.4, -0.2) is 15.9 Å². The van der Waals surface area contributed by atoms with Gasteiger partial charge in [0.15, 0.2) is 5.82 Å². The smallest absolute Gasteiger partial charge is 0.337 e. The number of amides is 1. The van der Waals surface area contributed by atoms with E-state index >= 15 is 0 Å². The summed E-state index contributed by atoms with van der Waals surface area (Å²) in [4.78, 5) is 20.5. The summed E-state index contributed by atoms with van der Waals surface area (Å²) in [5, 5.41) is 9.05. The molecule has 1 aliphatic rings. The van der Waals surface area contributed by atoms with Gasteiger partial charge in [-0.05, 0) is 49.2 Å². The van der Waals surface area contributed by atoms with Crippen LogP contribution in [0.25, 0.3) is 0 Å². The molecule has 2 aromatic carbocycles. The van der Waals surface area contributed by atoms with Gasteiger partial charge < -0.3 is 16.0 Å². The van der Waals surface area contributed by atoms with Gasteiger partial charge in [-0.25, -0.2) is 4.98 Å². The van der Waals surface area contributed by atoms with E-state index in [1.807, 2.05) is 0 Å². The first-order chi connectivity index (χ1) is 14.8. The first kappa shape index (κ1) is 20.9. The molecule has 0 radical (unpaired) electrons. The van der Waals surface area contributed by atoms with E-state index < -0.39 is 11.7 Å². The highest BCUT2D eigenvalue weighted by molar-refractivity contribution is 6.33. The Balaban J connectivity index is 1.52. The fourth-order valence-electron chi connectivity index (χ4n) is 2.80. The summed E-state index contributed by atoms with van der Waals surface area (Å²) >= 11 is 6.21. The average Bonchev–Trinajstić information content (AvgIpc) is 3.57. The Bertz CT molecular complexity index is 1100. The number of nitrogens with one attached hydrogen (secondary N) is 3. The quantitative estimate of drug-likeness (QED) is 0.433. The Kier molecular flexibility index (Phi) is 5.69. The number of nitrogens with zero attached hydrogens (tertiary/aromatic N) is 2. The lowest BCUT2D eigenvalue weighted by atomic mass is 10.2. The van der Waals surface area contributed by atoms with E-state index in [4.69, 9.17) is 11.6 Å². The fourth-order valence-corrected chi connectivity index (χ4v) is 2.93. The Labute approximate surface area is 180 Å². The molecule has 3 aromatic rings. The maximum atomic E-state index is 12.7.